The van der Waals surface area contributed by atoms with Gasteiger partial charge < -0.3 is 10.3 Å². The van der Waals surface area contributed by atoms with Gasteiger partial charge >= 0.3 is 0 Å². The topological polar surface area (TPSA) is 91.9 Å². The summed E-state index contributed by atoms with van der Waals surface area (Å²) >= 11 is 0. The molecule has 1 unspecified atom stereocenters. The van der Waals surface area contributed by atoms with Crippen LogP contribution < -0.4 is 10.9 Å². The van der Waals surface area contributed by atoms with Gasteiger partial charge in [0.05, 0.1) is 11.5 Å². The van der Waals surface area contributed by atoms with Gasteiger partial charge in [-0.05, 0) is 19.3 Å². The smallest absolute Gasteiger partial charge is 0.252 e. The second-order valence-electron chi connectivity index (χ2n) is 4.37. The third-order valence-corrected chi connectivity index (χ3v) is 4.60. The number of hydrogen-bond donors (Lipinski definition) is 2. The highest BCUT2D eigenvalue weighted by Crippen LogP contribution is 2.18. The van der Waals surface area contributed by atoms with Gasteiger partial charge in [-0.3, -0.25) is 4.79 Å². The second kappa shape index (κ2) is 4.48. The van der Waals surface area contributed by atoms with E-state index in [1.165, 1.54) is 6.07 Å². The standard InChI is InChI=1S/C10H15N3O3S/c1-7-12-9(4-10(14)13-7)11-5-8-2-3-17(15,16)6-8/h4,8H,2-3,5-6H2,1H3,(H2,11,12,13,14). The fourth-order valence-electron chi connectivity index (χ4n) is 1.95. The Bertz CT molecular complexity index is 564. The molecule has 1 aromatic heterocycles. The van der Waals surface area contributed by atoms with Crippen LogP contribution in [-0.2, 0) is 9.84 Å². The van der Waals surface area contributed by atoms with Gasteiger partial charge in [-0.2, -0.15) is 0 Å². The highest BCUT2D eigenvalue weighted by Gasteiger charge is 2.27. The first-order chi connectivity index (χ1) is 7.94. The lowest BCUT2D eigenvalue weighted by Gasteiger charge is -2.09. The van der Waals surface area contributed by atoms with Crippen LogP contribution in [0.1, 0.15) is 12.2 Å². The van der Waals surface area contributed by atoms with E-state index >= 15 is 0 Å². The van der Waals surface area contributed by atoms with Crippen LogP contribution in [0.15, 0.2) is 10.9 Å². The lowest BCUT2D eigenvalue weighted by molar-refractivity contribution is 0.595. The molecule has 1 aliphatic heterocycles. The molecule has 0 spiro atoms. The third kappa shape index (κ3) is 3.29. The van der Waals surface area contributed by atoms with Crippen LogP contribution in [0, 0.1) is 12.8 Å². The first-order valence-electron chi connectivity index (χ1n) is 5.47. The monoisotopic (exact) mass is 257 g/mol. The molecule has 94 valence electrons. The van der Waals surface area contributed by atoms with Crippen LogP contribution in [0.5, 0.6) is 0 Å². The molecule has 0 saturated carbocycles. The van der Waals surface area contributed by atoms with E-state index < -0.39 is 9.84 Å². The molecule has 6 nitrogen and oxygen atoms in total. The number of aryl methyl sites for hydroxylation is 1. The van der Waals surface area contributed by atoms with E-state index in [0.717, 1.165) is 0 Å². The molecular weight excluding hydrogens is 242 g/mol. The van der Waals surface area contributed by atoms with Crippen molar-refractivity contribution in [2.45, 2.75) is 13.3 Å². The van der Waals surface area contributed by atoms with Crippen molar-refractivity contribution in [2.75, 3.05) is 23.4 Å². The molecule has 2 N–H and O–H groups in total. The molecule has 1 saturated heterocycles. The molecule has 1 aromatic rings. The van der Waals surface area contributed by atoms with Gasteiger partial charge in [0.15, 0.2) is 9.84 Å². The van der Waals surface area contributed by atoms with E-state index in [1.807, 2.05) is 0 Å². The number of aromatic nitrogens is 2. The lowest BCUT2D eigenvalue weighted by Crippen LogP contribution is -2.18. The number of nitrogens with one attached hydrogen (secondary N) is 2. The Kier molecular flexibility index (Phi) is 3.19. The highest BCUT2D eigenvalue weighted by atomic mass is 32.2. The number of hydrogen-bond acceptors (Lipinski definition) is 5. The van der Waals surface area contributed by atoms with E-state index in [4.69, 9.17) is 0 Å². The largest absolute Gasteiger partial charge is 0.370 e. The van der Waals surface area contributed by atoms with Crippen LogP contribution in [0.25, 0.3) is 0 Å². The molecule has 1 aliphatic rings. The Morgan fingerprint density at radius 1 is 1.59 bits per heavy atom. The molecule has 1 atom stereocenters. The van der Waals surface area contributed by atoms with Crippen molar-refractivity contribution in [3.05, 3.63) is 22.2 Å². The summed E-state index contributed by atoms with van der Waals surface area (Å²) in [6.07, 6.45) is 0.678. The summed E-state index contributed by atoms with van der Waals surface area (Å²) in [5, 5.41) is 3.01. The molecule has 0 bridgehead atoms. The predicted molar refractivity (Wildman–Crippen MR) is 64.8 cm³/mol. The highest BCUT2D eigenvalue weighted by molar-refractivity contribution is 7.91. The molecule has 0 radical (unpaired) electrons. The number of nitrogens with zero attached hydrogens (tertiary/aromatic N) is 1. The number of aromatic amines is 1. The Hall–Kier alpha value is -1.37. The lowest BCUT2D eigenvalue weighted by atomic mass is 10.1. The van der Waals surface area contributed by atoms with Gasteiger partial charge in [-0.25, -0.2) is 13.4 Å². The summed E-state index contributed by atoms with van der Waals surface area (Å²) in [5.74, 6) is 1.64. The summed E-state index contributed by atoms with van der Waals surface area (Å²) in [4.78, 5) is 17.8. The maximum absolute atomic E-state index is 11.3. The molecule has 0 aliphatic carbocycles. The normalized spacial score (nSPS) is 22.5. The predicted octanol–water partition coefficient (Wildman–Crippen LogP) is -0.0751. The number of rotatable bonds is 3. The van der Waals surface area contributed by atoms with Crippen molar-refractivity contribution in [3.63, 3.8) is 0 Å². The second-order valence-corrected chi connectivity index (χ2v) is 6.59. The van der Waals surface area contributed by atoms with Gasteiger partial charge in [0.2, 0.25) is 0 Å². The molecule has 2 heterocycles. The van der Waals surface area contributed by atoms with Crippen molar-refractivity contribution < 1.29 is 8.42 Å². The molecule has 2 rings (SSSR count). The zero-order valence-corrected chi connectivity index (χ0v) is 10.4. The van der Waals surface area contributed by atoms with Crippen molar-refractivity contribution in [2.24, 2.45) is 5.92 Å². The number of anilines is 1. The van der Waals surface area contributed by atoms with Crippen LogP contribution >= 0.6 is 0 Å². The Balaban J connectivity index is 1.97. The van der Waals surface area contributed by atoms with Crippen LogP contribution in [-0.4, -0.2) is 36.4 Å². The number of sulfone groups is 1. The summed E-state index contributed by atoms with van der Waals surface area (Å²) < 4.78 is 22.5. The molecule has 7 heteroatoms. The van der Waals surface area contributed by atoms with Gasteiger partial charge in [-0.1, -0.05) is 0 Å². The Morgan fingerprint density at radius 3 is 2.94 bits per heavy atom. The van der Waals surface area contributed by atoms with Gasteiger partial charge in [0.1, 0.15) is 11.6 Å². The van der Waals surface area contributed by atoms with E-state index in [1.54, 1.807) is 6.92 Å². The summed E-state index contributed by atoms with van der Waals surface area (Å²) in [5.41, 5.74) is -0.209. The molecule has 0 aromatic carbocycles. The minimum absolute atomic E-state index is 0.112. The van der Waals surface area contributed by atoms with E-state index in [9.17, 15) is 13.2 Å². The Labute approximate surface area is 99.4 Å². The fourth-order valence-corrected chi connectivity index (χ4v) is 3.81. The zero-order valence-electron chi connectivity index (χ0n) is 9.56. The summed E-state index contributed by atoms with van der Waals surface area (Å²) in [7, 11) is -2.84. The van der Waals surface area contributed by atoms with Crippen molar-refractivity contribution >= 4 is 15.7 Å². The average molecular weight is 257 g/mol. The van der Waals surface area contributed by atoms with Crippen LogP contribution in [0.2, 0.25) is 0 Å². The first-order valence-corrected chi connectivity index (χ1v) is 7.29. The van der Waals surface area contributed by atoms with Crippen LogP contribution in [0.4, 0.5) is 5.82 Å². The van der Waals surface area contributed by atoms with Crippen molar-refractivity contribution in [3.8, 4) is 0 Å². The zero-order chi connectivity index (χ0) is 12.5. The van der Waals surface area contributed by atoms with Crippen molar-refractivity contribution in [1.82, 2.24) is 9.97 Å². The molecule has 0 amide bonds. The van der Waals surface area contributed by atoms with E-state index in [0.29, 0.717) is 24.6 Å². The van der Waals surface area contributed by atoms with Gasteiger partial charge in [0.25, 0.3) is 5.56 Å². The average Bonchev–Trinajstić information content (AvgIpc) is 2.54. The quantitative estimate of drug-likeness (QED) is 0.790. The summed E-state index contributed by atoms with van der Waals surface area (Å²) in [6, 6.07) is 1.37. The van der Waals surface area contributed by atoms with Gasteiger partial charge in [-0.15, -0.1) is 0 Å². The number of H-pyrrole nitrogens is 1. The summed E-state index contributed by atoms with van der Waals surface area (Å²) in [6.45, 7) is 2.24. The van der Waals surface area contributed by atoms with E-state index in [-0.39, 0.29) is 23.0 Å². The molecule has 1 fully saturated rings. The van der Waals surface area contributed by atoms with Crippen molar-refractivity contribution in [1.29, 1.82) is 0 Å². The minimum atomic E-state index is -2.84. The molecular formula is C10H15N3O3S. The SMILES string of the molecule is Cc1nc(NCC2CCS(=O)(=O)C2)cc(=O)[nH]1. The third-order valence-electron chi connectivity index (χ3n) is 2.76. The fraction of sp³-hybridized carbons (Fsp3) is 0.600. The van der Waals surface area contributed by atoms with E-state index in [2.05, 4.69) is 15.3 Å². The van der Waals surface area contributed by atoms with Gasteiger partial charge in [0, 0.05) is 12.6 Å². The maximum Gasteiger partial charge on any atom is 0.252 e. The molecule has 17 heavy (non-hydrogen) atoms. The van der Waals surface area contributed by atoms with Crippen LogP contribution in [0.3, 0.4) is 0 Å². The first kappa shape index (κ1) is 12.1. The maximum atomic E-state index is 11.3. The Morgan fingerprint density at radius 2 is 2.35 bits per heavy atom. The minimum Gasteiger partial charge on any atom is -0.370 e.